The van der Waals surface area contributed by atoms with Crippen LogP contribution in [0.3, 0.4) is 0 Å². The highest BCUT2D eigenvalue weighted by Gasteiger charge is 2.19. The van der Waals surface area contributed by atoms with Gasteiger partial charge >= 0.3 is 0 Å². The Morgan fingerprint density at radius 2 is 1.83 bits per heavy atom. The summed E-state index contributed by atoms with van der Waals surface area (Å²) in [5.74, 6) is 3.09. The fourth-order valence-electron chi connectivity index (χ4n) is 2.97. The van der Waals surface area contributed by atoms with E-state index in [2.05, 4.69) is 31.9 Å². The third-order valence-electron chi connectivity index (χ3n) is 4.21. The molecule has 0 amide bonds. The predicted octanol–water partition coefficient (Wildman–Crippen LogP) is 1.11. The number of aromatic nitrogens is 2. The highest BCUT2D eigenvalue weighted by Crippen LogP contribution is 2.32. The Kier molecular flexibility index (Phi) is 3.63. The summed E-state index contributed by atoms with van der Waals surface area (Å²) in [5.41, 5.74) is 6.97. The van der Waals surface area contributed by atoms with Crippen LogP contribution in [-0.4, -0.2) is 47.8 Å². The first-order valence-corrected chi connectivity index (χ1v) is 7.71. The zero-order chi connectivity index (χ0) is 15.6. The largest absolute Gasteiger partial charge is 0.454 e. The van der Waals surface area contributed by atoms with Crippen LogP contribution in [0.2, 0.25) is 0 Å². The Hall–Kier alpha value is -2.54. The topological polar surface area (TPSA) is 76.7 Å². The van der Waals surface area contributed by atoms with Crippen LogP contribution in [0.1, 0.15) is 5.56 Å². The van der Waals surface area contributed by atoms with Crippen LogP contribution in [0.5, 0.6) is 11.5 Å². The highest BCUT2D eigenvalue weighted by atomic mass is 16.7. The van der Waals surface area contributed by atoms with Crippen molar-refractivity contribution in [3.63, 3.8) is 0 Å². The molecule has 1 saturated heterocycles. The average Bonchev–Trinajstić information content (AvgIpc) is 3.03. The number of rotatable bonds is 3. The Morgan fingerprint density at radius 3 is 2.65 bits per heavy atom. The molecule has 2 aliphatic rings. The van der Waals surface area contributed by atoms with E-state index >= 15 is 0 Å². The molecule has 7 heteroatoms. The molecule has 0 spiro atoms. The number of piperazine rings is 1. The molecule has 7 nitrogen and oxygen atoms in total. The molecule has 23 heavy (non-hydrogen) atoms. The van der Waals surface area contributed by atoms with E-state index in [1.807, 2.05) is 12.1 Å². The van der Waals surface area contributed by atoms with E-state index in [9.17, 15) is 0 Å². The number of fused-ring (bicyclic) bond motifs is 1. The van der Waals surface area contributed by atoms with Gasteiger partial charge in [0.2, 0.25) is 6.79 Å². The minimum Gasteiger partial charge on any atom is -0.454 e. The number of nitrogens with zero attached hydrogens (tertiary/aromatic N) is 4. The second-order valence-corrected chi connectivity index (χ2v) is 5.75. The summed E-state index contributed by atoms with van der Waals surface area (Å²) >= 11 is 0. The van der Waals surface area contributed by atoms with Crippen molar-refractivity contribution in [2.75, 3.05) is 43.6 Å². The lowest BCUT2D eigenvalue weighted by Crippen LogP contribution is -2.46. The van der Waals surface area contributed by atoms with E-state index in [0.717, 1.165) is 50.0 Å². The summed E-state index contributed by atoms with van der Waals surface area (Å²) < 4.78 is 10.8. The van der Waals surface area contributed by atoms with E-state index in [-0.39, 0.29) is 0 Å². The fraction of sp³-hybridized carbons (Fsp3) is 0.375. The maximum atomic E-state index is 5.73. The van der Waals surface area contributed by atoms with Gasteiger partial charge in [0, 0.05) is 38.8 Å². The standard InChI is InChI=1S/C16H19N5O2/c17-15-8-16(19-10-18-15)21-5-3-20(4-6-21)9-12-1-2-13-14(7-12)23-11-22-13/h1-2,7-8,10H,3-6,9,11H2,(H2,17,18,19). The van der Waals surface area contributed by atoms with Crippen LogP contribution in [0, 0.1) is 0 Å². The number of nitrogens with two attached hydrogens (primary N) is 1. The van der Waals surface area contributed by atoms with Crippen LogP contribution < -0.4 is 20.1 Å². The first kappa shape index (κ1) is 14.1. The van der Waals surface area contributed by atoms with E-state index in [1.165, 1.54) is 11.9 Å². The smallest absolute Gasteiger partial charge is 0.231 e. The van der Waals surface area contributed by atoms with Crippen molar-refractivity contribution in [1.29, 1.82) is 0 Å². The molecule has 2 aromatic rings. The summed E-state index contributed by atoms with van der Waals surface area (Å²) in [5, 5.41) is 0. The van der Waals surface area contributed by atoms with Gasteiger partial charge in [-0.15, -0.1) is 0 Å². The minimum atomic E-state index is 0.319. The third-order valence-corrected chi connectivity index (χ3v) is 4.21. The molecule has 1 aromatic carbocycles. The number of hydrogen-bond acceptors (Lipinski definition) is 7. The first-order valence-electron chi connectivity index (χ1n) is 7.71. The fourth-order valence-corrected chi connectivity index (χ4v) is 2.97. The van der Waals surface area contributed by atoms with E-state index < -0.39 is 0 Å². The molecule has 1 fully saturated rings. The number of ether oxygens (including phenoxy) is 2. The third kappa shape index (κ3) is 3.00. The molecule has 0 bridgehead atoms. The van der Waals surface area contributed by atoms with Crippen molar-refractivity contribution in [3.8, 4) is 11.5 Å². The molecule has 1 aromatic heterocycles. The van der Waals surface area contributed by atoms with Crippen molar-refractivity contribution < 1.29 is 9.47 Å². The normalized spacial score (nSPS) is 17.5. The second kappa shape index (κ2) is 5.92. The Labute approximate surface area is 134 Å². The van der Waals surface area contributed by atoms with Gasteiger partial charge in [-0.1, -0.05) is 6.07 Å². The molecule has 3 heterocycles. The monoisotopic (exact) mass is 313 g/mol. The SMILES string of the molecule is Nc1cc(N2CCN(Cc3ccc4c(c3)OCO4)CC2)ncn1. The van der Waals surface area contributed by atoms with E-state index in [0.29, 0.717) is 12.6 Å². The van der Waals surface area contributed by atoms with Crippen molar-refractivity contribution >= 4 is 11.6 Å². The molecule has 0 aliphatic carbocycles. The Morgan fingerprint density at radius 1 is 1.00 bits per heavy atom. The summed E-state index contributed by atoms with van der Waals surface area (Å²) in [6, 6.07) is 7.98. The minimum absolute atomic E-state index is 0.319. The molecule has 2 N–H and O–H groups in total. The molecular formula is C16H19N5O2. The van der Waals surface area contributed by atoms with Crippen molar-refractivity contribution in [2.45, 2.75) is 6.54 Å². The lowest BCUT2D eigenvalue weighted by Gasteiger charge is -2.35. The maximum Gasteiger partial charge on any atom is 0.231 e. The lowest BCUT2D eigenvalue weighted by atomic mass is 10.1. The zero-order valence-electron chi connectivity index (χ0n) is 12.8. The van der Waals surface area contributed by atoms with Gasteiger partial charge in [0.1, 0.15) is 18.0 Å². The Balaban J connectivity index is 1.36. The van der Waals surface area contributed by atoms with E-state index in [1.54, 1.807) is 0 Å². The van der Waals surface area contributed by atoms with Gasteiger partial charge in [0.15, 0.2) is 11.5 Å². The van der Waals surface area contributed by atoms with Gasteiger partial charge in [-0.2, -0.15) is 0 Å². The highest BCUT2D eigenvalue weighted by molar-refractivity contribution is 5.46. The van der Waals surface area contributed by atoms with Crippen LogP contribution in [0.25, 0.3) is 0 Å². The van der Waals surface area contributed by atoms with Gasteiger partial charge in [0.25, 0.3) is 0 Å². The quantitative estimate of drug-likeness (QED) is 0.909. The predicted molar refractivity (Wildman–Crippen MR) is 86.5 cm³/mol. The second-order valence-electron chi connectivity index (χ2n) is 5.75. The number of anilines is 2. The lowest BCUT2D eigenvalue weighted by molar-refractivity contribution is 0.174. The summed E-state index contributed by atoms with van der Waals surface area (Å²) in [6.07, 6.45) is 1.52. The molecule has 0 atom stereocenters. The summed E-state index contributed by atoms with van der Waals surface area (Å²) in [7, 11) is 0. The van der Waals surface area contributed by atoms with Gasteiger partial charge in [0.05, 0.1) is 0 Å². The number of nitrogen functional groups attached to an aromatic ring is 1. The summed E-state index contributed by atoms with van der Waals surface area (Å²) in [4.78, 5) is 12.9. The Bertz CT molecular complexity index is 701. The van der Waals surface area contributed by atoms with Gasteiger partial charge in [-0.25, -0.2) is 9.97 Å². The van der Waals surface area contributed by atoms with Crippen molar-refractivity contribution in [3.05, 3.63) is 36.2 Å². The van der Waals surface area contributed by atoms with Gasteiger partial charge < -0.3 is 20.1 Å². The van der Waals surface area contributed by atoms with Gasteiger partial charge in [-0.05, 0) is 17.7 Å². The van der Waals surface area contributed by atoms with Crippen molar-refractivity contribution in [1.82, 2.24) is 14.9 Å². The van der Waals surface area contributed by atoms with Crippen LogP contribution >= 0.6 is 0 Å². The average molecular weight is 313 g/mol. The zero-order valence-corrected chi connectivity index (χ0v) is 12.8. The van der Waals surface area contributed by atoms with E-state index in [4.69, 9.17) is 15.2 Å². The number of hydrogen-bond donors (Lipinski definition) is 1. The van der Waals surface area contributed by atoms with Crippen LogP contribution in [0.4, 0.5) is 11.6 Å². The maximum absolute atomic E-state index is 5.73. The number of benzene rings is 1. The molecule has 2 aliphatic heterocycles. The molecule has 120 valence electrons. The summed E-state index contributed by atoms with van der Waals surface area (Å²) in [6.45, 7) is 5.06. The molecule has 0 radical (unpaired) electrons. The molecule has 0 unspecified atom stereocenters. The van der Waals surface area contributed by atoms with Crippen molar-refractivity contribution in [2.24, 2.45) is 0 Å². The molecule has 4 rings (SSSR count). The first-order chi connectivity index (χ1) is 11.3. The molecular weight excluding hydrogens is 294 g/mol. The van der Waals surface area contributed by atoms with Crippen LogP contribution in [-0.2, 0) is 6.54 Å². The van der Waals surface area contributed by atoms with Crippen LogP contribution in [0.15, 0.2) is 30.6 Å². The van der Waals surface area contributed by atoms with Gasteiger partial charge in [-0.3, -0.25) is 4.90 Å². The molecule has 0 saturated carbocycles.